The zero-order valence-corrected chi connectivity index (χ0v) is 7.58. The molecule has 0 aliphatic carbocycles. The van der Waals surface area contributed by atoms with Crippen molar-refractivity contribution in [2.75, 3.05) is 13.1 Å². The summed E-state index contributed by atoms with van der Waals surface area (Å²) >= 11 is 0. The summed E-state index contributed by atoms with van der Waals surface area (Å²) in [5.41, 5.74) is 0. The molecule has 0 aromatic rings. The van der Waals surface area contributed by atoms with Gasteiger partial charge >= 0.3 is 0 Å². The first-order valence-corrected chi connectivity index (χ1v) is 4.31. The molecule has 12 heavy (non-hydrogen) atoms. The van der Waals surface area contributed by atoms with E-state index in [1.807, 2.05) is 13.0 Å². The summed E-state index contributed by atoms with van der Waals surface area (Å²) in [4.78, 5) is 13.1. The molecule has 1 rings (SSSR count). The van der Waals surface area contributed by atoms with Gasteiger partial charge in [-0.2, -0.15) is 5.26 Å². The number of hydrogen-bond acceptors (Lipinski definition) is 2. The molecule has 1 saturated heterocycles. The van der Waals surface area contributed by atoms with Crippen LogP contribution in [0.25, 0.3) is 0 Å². The molecule has 1 aliphatic rings. The van der Waals surface area contributed by atoms with Crippen LogP contribution >= 0.6 is 0 Å². The zero-order valence-electron chi connectivity index (χ0n) is 7.58. The fraction of sp³-hybridized carbons (Fsp3) is 0.778. The third-order valence-electron chi connectivity index (χ3n) is 2.28. The van der Waals surface area contributed by atoms with Crippen molar-refractivity contribution >= 4 is 5.91 Å². The van der Waals surface area contributed by atoms with E-state index >= 15 is 0 Å². The van der Waals surface area contributed by atoms with Gasteiger partial charge in [0.25, 0.3) is 0 Å². The van der Waals surface area contributed by atoms with Gasteiger partial charge in [-0.15, -0.1) is 0 Å². The van der Waals surface area contributed by atoms with Crippen LogP contribution in [0.1, 0.15) is 20.3 Å². The van der Waals surface area contributed by atoms with Crippen molar-refractivity contribution in [2.45, 2.75) is 20.3 Å². The van der Waals surface area contributed by atoms with Crippen LogP contribution in [-0.2, 0) is 4.79 Å². The van der Waals surface area contributed by atoms with E-state index in [-0.39, 0.29) is 18.4 Å². The maximum absolute atomic E-state index is 11.4. The molecule has 0 aromatic heterocycles. The Morgan fingerprint density at radius 2 is 2.33 bits per heavy atom. The van der Waals surface area contributed by atoms with Gasteiger partial charge in [-0.25, -0.2) is 0 Å². The standard InChI is InChI=1S/C9H14N2O/c1-7-5-8(2)9(12)11(6-7)4-3-10/h7-8H,4-6H2,1-2H3. The first-order valence-electron chi connectivity index (χ1n) is 4.31. The maximum Gasteiger partial charge on any atom is 0.226 e. The van der Waals surface area contributed by atoms with E-state index in [9.17, 15) is 4.79 Å². The summed E-state index contributed by atoms with van der Waals surface area (Å²) < 4.78 is 0. The molecule has 0 aromatic carbocycles. The smallest absolute Gasteiger partial charge is 0.226 e. The molecule has 1 fully saturated rings. The Bertz CT molecular complexity index is 219. The molecular formula is C9H14N2O. The Morgan fingerprint density at radius 3 is 2.92 bits per heavy atom. The molecule has 3 nitrogen and oxygen atoms in total. The number of rotatable bonds is 1. The van der Waals surface area contributed by atoms with E-state index in [1.165, 1.54) is 0 Å². The lowest BCUT2D eigenvalue weighted by molar-refractivity contribution is -0.138. The van der Waals surface area contributed by atoms with Crippen molar-refractivity contribution in [3.05, 3.63) is 0 Å². The van der Waals surface area contributed by atoms with Gasteiger partial charge in [-0.1, -0.05) is 13.8 Å². The fourth-order valence-corrected chi connectivity index (χ4v) is 1.78. The second kappa shape index (κ2) is 3.57. The highest BCUT2D eigenvalue weighted by Gasteiger charge is 2.28. The van der Waals surface area contributed by atoms with E-state index in [2.05, 4.69) is 6.92 Å². The average molecular weight is 166 g/mol. The van der Waals surface area contributed by atoms with Gasteiger partial charge in [0.1, 0.15) is 6.54 Å². The third kappa shape index (κ3) is 1.76. The molecule has 0 bridgehead atoms. The summed E-state index contributed by atoms with van der Waals surface area (Å²) in [7, 11) is 0. The van der Waals surface area contributed by atoms with Crippen molar-refractivity contribution in [1.82, 2.24) is 4.90 Å². The highest BCUT2D eigenvalue weighted by molar-refractivity contribution is 5.79. The Kier molecular flexibility index (Phi) is 2.69. The summed E-state index contributed by atoms with van der Waals surface area (Å²) in [6, 6.07) is 2.01. The van der Waals surface area contributed by atoms with Crippen molar-refractivity contribution in [3.8, 4) is 6.07 Å². The number of nitrogens with zero attached hydrogens (tertiary/aromatic N) is 2. The number of carbonyl (C=O) groups is 1. The molecule has 3 heteroatoms. The minimum atomic E-state index is 0.0992. The molecular weight excluding hydrogens is 152 g/mol. The summed E-state index contributed by atoms with van der Waals surface area (Å²) in [5, 5.41) is 8.46. The third-order valence-corrected chi connectivity index (χ3v) is 2.28. The monoisotopic (exact) mass is 166 g/mol. The Balaban J connectivity index is 2.61. The lowest BCUT2D eigenvalue weighted by Gasteiger charge is -2.32. The van der Waals surface area contributed by atoms with Crippen LogP contribution in [0, 0.1) is 23.2 Å². The Labute approximate surface area is 73.0 Å². The predicted molar refractivity (Wildman–Crippen MR) is 45.1 cm³/mol. The second-order valence-electron chi connectivity index (χ2n) is 3.62. The van der Waals surface area contributed by atoms with E-state index in [4.69, 9.17) is 5.26 Å². The first-order chi connectivity index (χ1) is 5.65. The molecule has 2 unspecified atom stereocenters. The lowest BCUT2D eigenvalue weighted by Crippen LogP contribution is -2.43. The average Bonchev–Trinajstić information content (AvgIpc) is 2.00. The van der Waals surface area contributed by atoms with Gasteiger partial charge < -0.3 is 4.90 Å². The number of carbonyl (C=O) groups excluding carboxylic acids is 1. The quantitative estimate of drug-likeness (QED) is 0.546. The number of piperidine rings is 1. The van der Waals surface area contributed by atoms with Gasteiger partial charge in [-0.3, -0.25) is 4.79 Å². The van der Waals surface area contributed by atoms with Crippen LogP contribution in [0.15, 0.2) is 0 Å². The van der Waals surface area contributed by atoms with E-state index in [0.717, 1.165) is 13.0 Å². The number of likely N-dealkylation sites (tertiary alicyclic amines) is 1. The van der Waals surface area contributed by atoms with Gasteiger partial charge in [-0.05, 0) is 12.3 Å². The van der Waals surface area contributed by atoms with Crippen LogP contribution in [-0.4, -0.2) is 23.9 Å². The SMILES string of the molecule is CC1CC(C)C(=O)N(CC#N)C1. The summed E-state index contributed by atoms with van der Waals surface area (Å²) in [5.74, 6) is 0.766. The van der Waals surface area contributed by atoms with Gasteiger partial charge in [0.2, 0.25) is 5.91 Å². The molecule has 66 valence electrons. The van der Waals surface area contributed by atoms with Gasteiger partial charge in [0, 0.05) is 12.5 Å². The minimum Gasteiger partial charge on any atom is -0.329 e. The van der Waals surface area contributed by atoms with Crippen LogP contribution in [0.2, 0.25) is 0 Å². The molecule has 0 spiro atoms. The molecule has 0 N–H and O–H groups in total. The minimum absolute atomic E-state index is 0.0992. The van der Waals surface area contributed by atoms with Crippen LogP contribution < -0.4 is 0 Å². The zero-order chi connectivity index (χ0) is 9.14. The largest absolute Gasteiger partial charge is 0.329 e. The Morgan fingerprint density at radius 1 is 1.67 bits per heavy atom. The normalized spacial score (nSPS) is 30.1. The molecule has 1 aliphatic heterocycles. The van der Waals surface area contributed by atoms with Crippen LogP contribution in [0.3, 0.4) is 0 Å². The second-order valence-corrected chi connectivity index (χ2v) is 3.62. The first kappa shape index (κ1) is 9.05. The molecule has 1 heterocycles. The van der Waals surface area contributed by atoms with E-state index in [0.29, 0.717) is 5.92 Å². The summed E-state index contributed by atoms with van der Waals surface area (Å²) in [6.45, 7) is 5.04. The molecule has 0 radical (unpaired) electrons. The number of amides is 1. The van der Waals surface area contributed by atoms with Crippen molar-refractivity contribution in [2.24, 2.45) is 11.8 Å². The topological polar surface area (TPSA) is 44.1 Å². The predicted octanol–water partition coefficient (Wildman–Crippen LogP) is 1.01. The summed E-state index contributed by atoms with van der Waals surface area (Å²) in [6.07, 6.45) is 0.959. The maximum atomic E-state index is 11.4. The fourth-order valence-electron chi connectivity index (χ4n) is 1.78. The van der Waals surface area contributed by atoms with Crippen molar-refractivity contribution < 1.29 is 4.79 Å². The van der Waals surface area contributed by atoms with Crippen molar-refractivity contribution in [3.63, 3.8) is 0 Å². The molecule has 1 amide bonds. The highest BCUT2D eigenvalue weighted by atomic mass is 16.2. The number of hydrogen-bond donors (Lipinski definition) is 0. The van der Waals surface area contributed by atoms with E-state index in [1.54, 1.807) is 4.90 Å². The van der Waals surface area contributed by atoms with Crippen LogP contribution in [0.5, 0.6) is 0 Å². The van der Waals surface area contributed by atoms with Gasteiger partial charge in [0.15, 0.2) is 0 Å². The van der Waals surface area contributed by atoms with E-state index < -0.39 is 0 Å². The Hall–Kier alpha value is -1.04. The molecule has 0 saturated carbocycles. The van der Waals surface area contributed by atoms with Crippen molar-refractivity contribution in [1.29, 1.82) is 5.26 Å². The highest BCUT2D eigenvalue weighted by Crippen LogP contribution is 2.21. The number of nitriles is 1. The van der Waals surface area contributed by atoms with Gasteiger partial charge in [0.05, 0.1) is 6.07 Å². The molecule has 2 atom stereocenters. The lowest BCUT2D eigenvalue weighted by atomic mass is 9.91. The van der Waals surface area contributed by atoms with Crippen LogP contribution in [0.4, 0.5) is 0 Å².